The van der Waals surface area contributed by atoms with E-state index in [1.165, 1.54) is 35.7 Å². The molecular weight excluding hydrogens is 521 g/mol. The number of halogens is 3. The minimum Gasteiger partial charge on any atom is -0.459 e. The van der Waals surface area contributed by atoms with E-state index in [1.54, 1.807) is 25.7 Å². The molecule has 2 atom stereocenters. The number of nitrogens with zero attached hydrogens (tertiary/aromatic N) is 6. The minimum absolute atomic E-state index is 0.110. The van der Waals surface area contributed by atoms with E-state index < -0.39 is 35.3 Å². The van der Waals surface area contributed by atoms with Gasteiger partial charge < -0.3 is 19.1 Å². The topological polar surface area (TPSA) is 111 Å². The number of carbonyl (C=O) groups is 2. The summed E-state index contributed by atoms with van der Waals surface area (Å²) in [5, 5.41) is 4.51. The fraction of sp³-hybridized carbons (Fsp3) is 0.480. The van der Waals surface area contributed by atoms with Crippen molar-refractivity contribution in [1.29, 1.82) is 0 Å². The number of hydrogen-bond donors (Lipinski definition) is 0. The lowest BCUT2D eigenvalue weighted by molar-refractivity contribution is -0.216. The number of piperidine rings is 1. The van der Waals surface area contributed by atoms with Crippen molar-refractivity contribution in [2.45, 2.75) is 57.9 Å². The van der Waals surface area contributed by atoms with Crippen LogP contribution in [0.4, 0.5) is 23.9 Å². The zero-order valence-corrected chi connectivity index (χ0v) is 21.7. The number of piperazine rings is 1. The van der Waals surface area contributed by atoms with Crippen LogP contribution in [0.15, 0.2) is 30.5 Å². The minimum atomic E-state index is -4.28. The smallest absolute Gasteiger partial charge is 0.459 e. The fourth-order valence-corrected chi connectivity index (χ4v) is 4.64. The lowest BCUT2D eigenvalue weighted by Gasteiger charge is -2.55. The monoisotopic (exact) mass is 548 g/mol. The van der Waals surface area contributed by atoms with Gasteiger partial charge in [0.05, 0.1) is 36.3 Å². The third kappa shape index (κ3) is 5.14. The van der Waals surface area contributed by atoms with Crippen molar-refractivity contribution >= 4 is 23.7 Å². The first kappa shape index (κ1) is 26.5. The Bertz CT molecular complexity index is 1400. The van der Waals surface area contributed by atoms with Gasteiger partial charge in [0.2, 0.25) is 11.6 Å². The van der Waals surface area contributed by atoms with Gasteiger partial charge in [-0.3, -0.25) is 9.88 Å². The van der Waals surface area contributed by atoms with Crippen LogP contribution in [0.3, 0.4) is 0 Å². The molecule has 0 aliphatic carbocycles. The fourth-order valence-electron chi connectivity index (χ4n) is 4.64. The number of fused-ring (bicyclic) bond motifs is 3. The lowest BCUT2D eigenvalue weighted by Crippen LogP contribution is -2.70. The SMILES string of the molecule is CCOC(=O)C(F)(F)Oc1ccc(-c2ccc(F)cn2)n2nc(N3CC4CC(C3)N4C(=O)OC(C)(C)C)nc12. The second kappa shape index (κ2) is 9.58. The molecule has 39 heavy (non-hydrogen) atoms. The van der Waals surface area contributed by atoms with Crippen molar-refractivity contribution in [1.82, 2.24) is 24.5 Å². The van der Waals surface area contributed by atoms with E-state index in [0.29, 0.717) is 24.5 Å². The molecule has 6 heterocycles. The molecule has 0 radical (unpaired) electrons. The van der Waals surface area contributed by atoms with Gasteiger partial charge >= 0.3 is 18.2 Å². The molecule has 3 aromatic heterocycles. The summed E-state index contributed by atoms with van der Waals surface area (Å²) >= 11 is 0. The molecule has 0 aromatic carbocycles. The Kier molecular flexibility index (Phi) is 6.51. The summed E-state index contributed by atoms with van der Waals surface area (Å²) in [5.41, 5.74) is -0.107. The quantitative estimate of drug-likeness (QED) is 0.426. The van der Waals surface area contributed by atoms with Gasteiger partial charge in [0.1, 0.15) is 11.4 Å². The summed E-state index contributed by atoms with van der Waals surface area (Å²) in [6.45, 7) is 7.33. The van der Waals surface area contributed by atoms with E-state index in [4.69, 9.17) is 9.47 Å². The number of rotatable bonds is 6. The number of aromatic nitrogens is 4. The third-order valence-corrected chi connectivity index (χ3v) is 6.26. The maximum absolute atomic E-state index is 14.5. The molecule has 3 aromatic rings. The molecule has 6 rings (SSSR count). The van der Waals surface area contributed by atoms with Gasteiger partial charge in [-0.05, 0) is 58.4 Å². The number of pyridine rings is 2. The summed E-state index contributed by atoms with van der Waals surface area (Å²) < 4.78 is 58.4. The average molecular weight is 549 g/mol. The van der Waals surface area contributed by atoms with Crippen LogP contribution in [0.2, 0.25) is 0 Å². The lowest BCUT2D eigenvalue weighted by atomic mass is 9.88. The van der Waals surface area contributed by atoms with Crippen molar-refractivity contribution in [3.05, 3.63) is 36.3 Å². The zero-order valence-electron chi connectivity index (χ0n) is 21.7. The second-order valence-corrected chi connectivity index (χ2v) is 10.3. The normalized spacial score (nSPS) is 19.1. The van der Waals surface area contributed by atoms with Gasteiger partial charge in [-0.25, -0.2) is 18.5 Å². The van der Waals surface area contributed by atoms with Crippen LogP contribution in [0.5, 0.6) is 5.75 Å². The summed E-state index contributed by atoms with van der Waals surface area (Å²) in [5.74, 6) is -2.61. The van der Waals surface area contributed by atoms with Crippen LogP contribution in [-0.4, -0.2) is 80.0 Å². The number of carbonyl (C=O) groups excluding carboxylic acids is 2. The first-order chi connectivity index (χ1) is 18.4. The van der Waals surface area contributed by atoms with E-state index >= 15 is 0 Å². The molecule has 1 amide bonds. The van der Waals surface area contributed by atoms with Gasteiger partial charge in [0, 0.05) is 13.1 Å². The Hall–Kier alpha value is -4.10. The first-order valence-corrected chi connectivity index (χ1v) is 12.4. The van der Waals surface area contributed by atoms with E-state index in [1.807, 2.05) is 4.90 Å². The number of anilines is 1. The van der Waals surface area contributed by atoms with Crippen molar-refractivity contribution in [2.75, 3.05) is 24.6 Å². The van der Waals surface area contributed by atoms with Gasteiger partial charge in [-0.2, -0.15) is 13.8 Å². The van der Waals surface area contributed by atoms with Gasteiger partial charge in [-0.15, -0.1) is 5.10 Å². The van der Waals surface area contributed by atoms with Crippen molar-refractivity contribution in [3.63, 3.8) is 0 Å². The maximum Gasteiger partial charge on any atom is 0.502 e. The van der Waals surface area contributed by atoms with Gasteiger partial charge in [-0.1, -0.05) is 0 Å². The van der Waals surface area contributed by atoms with Crippen LogP contribution in [-0.2, 0) is 14.3 Å². The van der Waals surface area contributed by atoms with Crippen molar-refractivity contribution < 1.29 is 37.0 Å². The molecule has 14 heteroatoms. The van der Waals surface area contributed by atoms with E-state index in [0.717, 1.165) is 12.6 Å². The molecule has 0 N–H and O–H groups in total. The van der Waals surface area contributed by atoms with Gasteiger partial charge in [0.25, 0.3) is 0 Å². The Morgan fingerprint density at radius 3 is 2.44 bits per heavy atom. The Morgan fingerprint density at radius 2 is 1.82 bits per heavy atom. The van der Waals surface area contributed by atoms with E-state index in [-0.39, 0.29) is 30.3 Å². The summed E-state index contributed by atoms with van der Waals surface area (Å²) in [6, 6.07) is 4.96. The highest BCUT2D eigenvalue weighted by Crippen LogP contribution is 2.37. The Balaban J connectivity index is 1.48. The predicted molar refractivity (Wildman–Crippen MR) is 131 cm³/mol. The number of esters is 1. The number of alkyl halides is 2. The first-order valence-electron chi connectivity index (χ1n) is 12.4. The Morgan fingerprint density at radius 1 is 1.10 bits per heavy atom. The highest BCUT2D eigenvalue weighted by Gasteiger charge is 2.50. The van der Waals surface area contributed by atoms with E-state index in [9.17, 15) is 22.8 Å². The zero-order chi connectivity index (χ0) is 28.1. The second-order valence-electron chi connectivity index (χ2n) is 10.3. The molecule has 2 unspecified atom stereocenters. The third-order valence-electron chi connectivity index (χ3n) is 6.26. The molecule has 11 nitrogen and oxygen atoms in total. The summed E-state index contributed by atoms with van der Waals surface area (Å²) in [4.78, 5) is 36.4. The maximum atomic E-state index is 14.5. The van der Waals surface area contributed by atoms with Crippen molar-refractivity contribution in [2.24, 2.45) is 0 Å². The molecule has 0 saturated carbocycles. The molecule has 3 aliphatic rings. The summed E-state index contributed by atoms with van der Waals surface area (Å²) in [7, 11) is 0. The molecule has 2 bridgehead atoms. The molecule has 3 aliphatic heterocycles. The number of ether oxygens (including phenoxy) is 3. The largest absolute Gasteiger partial charge is 0.502 e. The molecule has 3 saturated heterocycles. The number of hydrogen-bond acceptors (Lipinski definition) is 9. The molecule has 0 spiro atoms. The van der Waals surface area contributed by atoms with Crippen LogP contribution >= 0.6 is 0 Å². The highest BCUT2D eigenvalue weighted by molar-refractivity contribution is 5.77. The molecule has 208 valence electrons. The Labute approximate surface area is 221 Å². The van der Waals surface area contributed by atoms with Crippen LogP contribution in [0.1, 0.15) is 34.1 Å². The molecule has 3 fully saturated rings. The average Bonchev–Trinajstić information content (AvgIpc) is 3.30. The highest BCUT2D eigenvalue weighted by atomic mass is 19.3. The van der Waals surface area contributed by atoms with Gasteiger partial charge in [0.15, 0.2) is 5.75 Å². The van der Waals surface area contributed by atoms with Crippen LogP contribution in [0.25, 0.3) is 17.0 Å². The standard InChI is InChI=1S/C25H27F3N6O5/c1-5-37-21(35)25(27,28)38-19-9-8-18(17-7-6-14(26)11-29-17)34-20(19)30-22(31-34)32-12-15-10-16(13-32)33(15)23(36)39-24(2,3)4/h6-9,11,15-16H,5,10,12-13H2,1-4H3. The predicted octanol–water partition coefficient (Wildman–Crippen LogP) is 3.66. The van der Waals surface area contributed by atoms with E-state index in [2.05, 4.69) is 19.8 Å². The van der Waals surface area contributed by atoms with Crippen molar-refractivity contribution in [3.8, 4) is 17.1 Å². The number of amides is 1. The summed E-state index contributed by atoms with van der Waals surface area (Å²) in [6.07, 6.45) is -2.87. The van der Waals surface area contributed by atoms with Crippen LogP contribution < -0.4 is 9.64 Å². The van der Waals surface area contributed by atoms with Crippen LogP contribution in [0, 0.1) is 5.82 Å². The molecular formula is C25H27F3N6O5.